The summed E-state index contributed by atoms with van der Waals surface area (Å²) in [5.41, 5.74) is 1.36. The van der Waals surface area contributed by atoms with Gasteiger partial charge in [-0.05, 0) is 11.1 Å². The Morgan fingerprint density at radius 3 is 2.93 bits per heavy atom. The number of carbonyl (C=O) groups is 2. The summed E-state index contributed by atoms with van der Waals surface area (Å²) in [4.78, 5) is 24.8. The number of hydrogen-bond donors (Lipinski definition) is 1. The number of nitrogens with zero attached hydrogens (tertiary/aromatic N) is 1. The van der Waals surface area contributed by atoms with E-state index in [9.17, 15) is 9.59 Å². The topological polar surface area (TPSA) is 67.3 Å². The van der Waals surface area contributed by atoms with Crippen molar-refractivity contribution in [3.63, 3.8) is 0 Å². The second kappa shape index (κ2) is 4.50. The number of pyridine rings is 1. The lowest BCUT2D eigenvalue weighted by molar-refractivity contribution is -0.136. The zero-order chi connectivity index (χ0) is 10.6. The van der Waals surface area contributed by atoms with E-state index >= 15 is 0 Å². The van der Waals surface area contributed by atoms with Gasteiger partial charge < -0.3 is 9.90 Å². The summed E-state index contributed by atoms with van der Waals surface area (Å²) in [6, 6.07) is 1.69. The highest BCUT2D eigenvalue weighted by Crippen LogP contribution is 2.13. The molecule has 1 unspecified atom stereocenters. The van der Waals surface area contributed by atoms with Crippen LogP contribution in [0.5, 0.6) is 0 Å². The maximum absolute atomic E-state index is 10.5. The minimum absolute atomic E-state index is 0.0631. The monoisotopic (exact) mass is 193 g/mol. The summed E-state index contributed by atoms with van der Waals surface area (Å²) in [5.74, 6) is -1.14. The number of carboxylic acids is 1. The first kappa shape index (κ1) is 10.4. The summed E-state index contributed by atoms with van der Waals surface area (Å²) < 4.78 is 0. The van der Waals surface area contributed by atoms with E-state index in [0.29, 0.717) is 5.56 Å². The Bertz CT molecular complexity index is 349. The molecule has 0 aliphatic rings. The lowest BCUT2D eigenvalue weighted by Crippen LogP contribution is -2.03. The highest BCUT2D eigenvalue weighted by atomic mass is 16.4. The second-order valence-corrected chi connectivity index (χ2v) is 3.12. The SMILES string of the molecule is CC(C=O)c1cncc(CC(=O)O)c1. The van der Waals surface area contributed by atoms with E-state index < -0.39 is 5.97 Å². The molecule has 1 aromatic heterocycles. The highest BCUT2D eigenvalue weighted by molar-refractivity contribution is 5.70. The zero-order valence-corrected chi connectivity index (χ0v) is 7.80. The van der Waals surface area contributed by atoms with Gasteiger partial charge in [0, 0.05) is 18.3 Å². The van der Waals surface area contributed by atoms with Gasteiger partial charge in [0.05, 0.1) is 6.42 Å². The molecular weight excluding hydrogens is 182 g/mol. The molecule has 0 spiro atoms. The van der Waals surface area contributed by atoms with Gasteiger partial charge in [-0.15, -0.1) is 0 Å². The number of aliphatic carboxylic acids is 1. The first-order valence-electron chi connectivity index (χ1n) is 4.24. The summed E-state index contributed by atoms with van der Waals surface area (Å²) in [7, 11) is 0. The van der Waals surface area contributed by atoms with Crippen molar-refractivity contribution in [3.05, 3.63) is 29.6 Å². The molecule has 0 fully saturated rings. The Labute approximate surface area is 81.6 Å². The van der Waals surface area contributed by atoms with Crippen molar-refractivity contribution in [2.45, 2.75) is 19.3 Å². The maximum atomic E-state index is 10.5. The molecule has 4 heteroatoms. The number of hydrogen-bond acceptors (Lipinski definition) is 3. The number of rotatable bonds is 4. The number of aldehydes is 1. The van der Waals surface area contributed by atoms with E-state index in [1.807, 2.05) is 0 Å². The molecule has 14 heavy (non-hydrogen) atoms. The molecule has 74 valence electrons. The van der Waals surface area contributed by atoms with Crippen LogP contribution in [0.1, 0.15) is 24.0 Å². The molecule has 0 saturated heterocycles. The second-order valence-electron chi connectivity index (χ2n) is 3.12. The predicted molar refractivity (Wildman–Crippen MR) is 50.1 cm³/mol. The fourth-order valence-electron chi connectivity index (χ4n) is 1.11. The molecule has 4 nitrogen and oxygen atoms in total. The standard InChI is InChI=1S/C10H11NO3/c1-7(6-12)9-2-8(3-10(13)14)4-11-5-9/h2,4-7H,3H2,1H3,(H,13,14). The molecule has 1 atom stereocenters. The third-order valence-corrected chi connectivity index (χ3v) is 1.90. The van der Waals surface area contributed by atoms with E-state index in [1.165, 1.54) is 6.20 Å². The Balaban J connectivity index is 2.88. The summed E-state index contributed by atoms with van der Waals surface area (Å²) in [5, 5.41) is 8.56. The van der Waals surface area contributed by atoms with Crippen molar-refractivity contribution in [2.24, 2.45) is 0 Å². The summed E-state index contributed by atoms with van der Waals surface area (Å²) in [6.45, 7) is 1.74. The van der Waals surface area contributed by atoms with Crippen LogP contribution in [0.4, 0.5) is 0 Å². The van der Waals surface area contributed by atoms with E-state index in [1.54, 1.807) is 19.2 Å². The molecule has 1 aromatic rings. The first-order chi connectivity index (χ1) is 6.63. The van der Waals surface area contributed by atoms with E-state index in [-0.39, 0.29) is 12.3 Å². The van der Waals surface area contributed by atoms with Crippen molar-refractivity contribution in [1.29, 1.82) is 0 Å². The van der Waals surface area contributed by atoms with Crippen LogP contribution >= 0.6 is 0 Å². The third-order valence-electron chi connectivity index (χ3n) is 1.90. The van der Waals surface area contributed by atoms with Crippen LogP contribution in [0.25, 0.3) is 0 Å². The minimum Gasteiger partial charge on any atom is -0.481 e. The summed E-state index contributed by atoms with van der Waals surface area (Å²) in [6.07, 6.45) is 3.81. The smallest absolute Gasteiger partial charge is 0.307 e. The van der Waals surface area contributed by atoms with E-state index in [4.69, 9.17) is 5.11 Å². The van der Waals surface area contributed by atoms with Crippen LogP contribution in [0.3, 0.4) is 0 Å². The number of aromatic nitrogens is 1. The van der Waals surface area contributed by atoms with Crippen LogP contribution in [-0.2, 0) is 16.0 Å². The van der Waals surface area contributed by atoms with Crippen molar-refractivity contribution in [3.8, 4) is 0 Å². The molecule has 0 aliphatic carbocycles. The van der Waals surface area contributed by atoms with Crippen molar-refractivity contribution >= 4 is 12.3 Å². The predicted octanol–water partition coefficient (Wildman–Crippen LogP) is 1.01. The average Bonchev–Trinajstić information content (AvgIpc) is 2.16. The van der Waals surface area contributed by atoms with Gasteiger partial charge in [-0.3, -0.25) is 9.78 Å². The molecule has 1 N–H and O–H groups in total. The molecule has 0 aromatic carbocycles. The molecule has 1 heterocycles. The minimum atomic E-state index is -0.900. The van der Waals surface area contributed by atoms with Crippen LogP contribution < -0.4 is 0 Å². The number of carbonyl (C=O) groups excluding carboxylic acids is 1. The van der Waals surface area contributed by atoms with Crippen LogP contribution in [0, 0.1) is 0 Å². The molecule has 1 rings (SSSR count). The molecular formula is C10H11NO3. The Hall–Kier alpha value is -1.71. The van der Waals surface area contributed by atoms with Crippen molar-refractivity contribution in [2.75, 3.05) is 0 Å². The third kappa shape index (κ3) is 2.65. The fourth-order valence-corrected chi connectivity index (χ4v) is 1.11. The first-order valence-corrected chi connectivity index (χ1v) is 4.24. The number of carboxylic acid groups (broad SMARTS) is 1. The van der Waals surface area contributed by atoms with Crippen molar-refractivity contribution < 1.29 is 14.7 Å². The molecule has 0 aliphatic heterocycles. The van der Waals surface area contributed by atoms with Crippen molar-refractivity contribution in [1.82, 2.24) is 4.98 Å². The summed E-state index contributed by atoms with van der Waals surface area (Å²) >= 11 is 0. The normalized spacial score (nSPS) is 12.1. The van der Waals surface area contributed by atoms with Gasteiger partial charge in [0.15, 0.2) is 0 Å². The van der Waals surface area contributed by atoms with E-state index in [2.05, 4.69) is 4.98 Å². The zero-order valence-electron chi connectivity index (χ0n) is 7.80. The quantitative estimate of drug-likeness (QED) is 0.724. The Kier molecular flexibility index (Phi) is 3.34. The van der Waals surface area contributed by atoms with Gasteiger partial charge in [0.2, 0.25) is 0 Å². The van der Waals surface area contributed by atoms with Gasteiger partial charge in [0.1, 0.15) is 6.29 Å². The van der Waals surface area contributed by atoms with Gasteiger partial charge >= 0.3 is 5.97 Å². The molecule has 0 bridgehead atoms. The van der Waals surface area contributed by atoms with Gasteiger partial charge in [-0.25, -0.2) is 0 Å². The van der Waals surface area contributed by atoms with Gasteiger partial charge in [-0.2, -0.15) is 0 Å². The highest BCUT2D eigenvalue weighted by Gasteiger charge is 2.06. The van der Waals surface area contributed by atoms with E-state index in [0.717, 1.165) is 11.8 Å². The van der Waals surface area contributed by atoms with Crippen LogP contribution in [0.2, 0.25) is 0 Å². The Morgan fingerprint density at radius 2 is 2.36 bits per heavy atom. The van der Waals surface area contributed by atoms with Gasteiger partial charge in [-0.1, -0.05) is 13.0 Å². The molecule has 0 amide bonds. The maximum Gasteiger partial charge on any atom is 0.307 e. The Morgan fingerprint density at radius 1 is 1.64 bits per heavy atom. The van der Waals surface area contributed by atoms with Gasteiger partial charge in [0.25, 0.3) is 0 Å². The largest absolute Gasteiger partial charge is 0.481 e. The van der Waals surface area contributed by atoms with Crippen LogP contribution in [0.15, 0.2) is 18.5 Å². The molecule has 0 saturated carbocycles. The average molecular weight is 193 g/mol. The fraction of sp³-hybridized carbons (Fsp3) is 0.300. The van der Waals surface area contributed by atoms with Crippen LogP contribution in [-0.4, -0.2) is 22.3 Å². The molecule has 0 radical (unpaired) electrons. The lowest BCUT2D eigenvalue weighted by Gasteiger charge is -2.04. The lowest BCUT2D eigenvalue weighted by atomic mass is 10.0.